The van der Waals surface area contributed by atoms with Crippen LogP contribution in [-0.4, -0.2) is 36.0 Å². The Balaban J connectivity index is 3.03. The quantitative estimate of drug-likeness (QED) is 0.734. The minimum absolute atomic E-state index is 0.396. The molecule has 2 N–H and O–H groups in total. The molecule has 1 heterocycles. The Labute approximate surface area is 90.7 Å². The van der Waals surface area contributed by atoms with Crippen LogP contribution in [0.2, 0.25) is 0 Å². The molecule has 1 aliphatic heterocycles. The molecule has 5 nitrogen and oxygen atoms in total. The van der Waals surface area contributed by atoms with Crippen LogP contribution in [0.1, 0.15) is 33.6 Å². The van der Waals surface area contributed by atoms with Gasteiger partial charge in [0.05, 0.1) is 4.75 Å². The van der Waals surface area contributed by atoms with Crippen LogP contribution in [0.3, 0.4) is 0 Å². The molecule has 0 saturated carbocycles. The molecule has 15 heavy (non-hydrogen) atoms. The second kappa shape index (κ2) is 3.75. The molecule has 0 aromatic rings. The van der Waals surface area contributed by atoms with Gasteiger partial charge >= 0.3 is 0 Å². The van der Waals surface area contributed by atoms with Crippen LogP contribution in [0, 0.1) is 0 Å². The van der Waals surface area contributed by atoms with Crippen LogP contribution in [0.15, 0.2) is 0 Å². The first kappa shape index (κ1) is 12.4. The van der Waals surface area contributed by atoms with E-state index in [4.69, 9.17) is 5.73 Å². The number of carbonyl (C=O) groups excluding carboxylic acids is 1. The number of carbonyl (C=O) groups is 1. The minimum Gasteiger partial charge on any atom is -0.368 e. The SMILES string of the molecule is CC(C)(C)S(=O)(=O)N1CCC[C@@H]1C(N)=O. The molecule has 0 bridgehead atoms. The Bertz CT molecular complexity index is 356. The highest BCUT2D eigenvalue weighted by molar-refractivity contribution is 7.90. The molecule has 0 unspecified atom stereocenters. The molecule has 1 rings (SSSR count). The minimum atomic E-state index is -3.44. The van der Waals surface area contributed by atoms with Gasteiger partial charge < -0.3 is 5.73 Å². The van der Waals surface area contributed by atoms with Crippen LogP contribution < -0.4 is 5.73 Å². The molecule has 0 spiro atoms. The van der Waals surface area contributed by atoms with Crippen molar-refractivity contribution < 1.29 is 13.2 Å². The first-order chi connectivity index (χ1) is 6.68. The molecular weight excluding hydrogens is 216 g/mol. The lowest BCUT2D eigenvalue weighted by Gasteiger charge is -2.29. The standard InChI is InChI=1S/C9H18N2O3S/c1-9(2,3)15(13,14)11-6-4-5-7(11)8(10)12/h7H,4-6H2,1-3H3,(H2,10,12)/t7-/m1/s1. The maximum atomic E-state index is 12.1. The molecular formula is C9H18N2O3S. The maximum Gasteiger partial charge on any atom is 0.235 e. The lowest BCUT2D eigenvalue weighted by atomic mass is 10.2. The summed E-state index contributed by atoms with van der Waals surface area (Å²) in [5.41, 5.74) is 5.18. The predicted octanol–water partition coefficient (Wildman–Crippen LogP) is 0.0644. The van der Waals surface area contributed by atoms with E-state index in [1.54, 1.807) is 20.8 Å². The Morgan fingerprint density at radius 2 is 1.93 bits per heavy atom. The van der Waals surface area contributed by atoms with Crippen LogP contribution in [0.4, 0.5) is 0 Å². The van der Waals surface area contributed by atoms with Gasteiger partial charge in [0.25, 0.3) is 0 Å². The smallest absolute Gasteiger partial charge is 0.235 e. The third-order valence-corrected chi connectivity index (χ3v) is 5.22. The number of rotatable bonds is 2. The molecule has 1 saturated heterocycles. The van der Waals surface area contributed by atoms with Gasteiger partial charge in [-0.1, -0.05) is 0 Å². The number of nitrogens with two attached hydrogens (primary N) is 1. The molecule has 0 aromatic carbocycles. The zero-order valence-corrected chi connectivity index (χ0v) is 10.2. The van der Waals surface area contributed by atoms with Gasteiger partial charge in [-0.15, -0.1) is 0 Å². The second-order valence-corrected chi connectivity index (χ2v) is 7.43. The van der Waals surface area contributed by atoms with Crippen LogP contribution >= 0.6 is 0 Å². The summed E-state index contributed by atoms with van der Waals surface area (Å²) in [7, 11) is -3.44. The second-order valence-electron chi connectivity index (χ2n) is 4.79. The number of hydrogen-bond donors (Lipinski definition) is 1. The predicted molar refractivity (Wildman–Crippen MR) is 57.6 cm³/mol. The van der Waals surface area contributed by atoms with Crippen LogP contribution in [0.25, 0.3) is 0 Å². The van der Waals surface area contributed by atoms with Crippen molar-refractivity contribution in [3.63, 3.8) is 0 Å². The van der Waals surface area contributed by atoms with Crippen molar-refractivity contribution in [2.24, 2.45) is 5.73 Å². The zero-order valence-electron chi connectivity index (χ0n) is 9.36. The van der Waals surface area contributed by atoms with Gasteiger partial charge in [0, 0.05) is 6.54 Å². The van der Waals surface area contributed by atoms with Gasteiger partial charge in [0.2, 0.25) is 15.9 Å². The van der Waals surface area contributed by atoms with E-state index in [9.17, 15) is 13.2 Å². The van der Waals surface area contributed by atoms with Gasteiger partial charge in [0.15, 0.2) is 0 Å². The van der Waals surface area contributed by atoms with Gasteiger partial charge in [-0.05, 0) is 33.6 Å². The van der Waals surface area contributed by atoms with E-state index in [2.05, 4.69) is 0 Å². The summed E-state index contributed by atoms with van der Waals surface area (Å²) < 4.78 is 24.5. The van der Waals surface area contributed by atoms with Crippen molar-refractivity contribution in [3.05, 3.63) is 0 Å². The molecule has 0 aromatic heterocycles. The first-order valence-corrected chi connectivity index (χ1v) is 6.42. The summed E-state index contributed by atoms with van der Waals surface area (Å²) in [4.78, 5) is 11.1. The zero-order chi connectivity index (χ0) is 11.9. The first-order valence-electron chi connectivity index (χ1n) is 4.98. The highest BCUT2D eigenvalue weighted by atomic mass is 32.2. The van der Waals surface area contributed by atoms with Crippen molar-refractivity contribution in [1.29, 1.82) is 0 Å². The van der Waals surface area contributed by atoms with Crippen LogP contribution in [-0.2, 0) is 14.8 Å². The summed E-state index contributed by atoms with van der Waals surface area (Å²) in [6, 6.07) is -0.658. The Morgan fingerprint density at radius 3 is 2.33 bits per heavy atom. The van der Waals surface area contributed by atoms with E-state index < -0.39 is 26.7 Å². The Morgan fingerprint density at radius 1 is 1.40 bits per heavy atom. The highest BCUT2D eigenvalue weighted by Crippen LogP contribution is 2.28. The lowest BCUT2D eigenvalue weighted by Crippen LogP contribution is -2.49. The third kappa shape index (κ3) is 2.15. The van der Waals surface area contributed by atoms with Gasteiger partial charge in [-0.2, -0.15) is 4.31 Å². The fraction of sp³-hybridized carbons (Fsp3) is 0.889. The number of primary amides is 1. The average Bonchev–Trinajstić information content (AvgIpc) is 2.48. The van der Waals surface area contributed by atoms with E-state index >= 15 is 0 Å². The van der Waals surface area contributed by atoms with Crippen LogP contribution in [0.5, 0.6) is 0 Å². The summed E-state index contributed by atoms with van der Waals surface area (Å²) in [6.45, 7) is 5.27. The number of amides is 1. The lowest BCUT2D eigenvalue weighted by molar-refractivity contribution is -0.121. The van der Waals surface area contributed by atoms with Crippen molar-refractivity contribution in [2.45, 2.75) is 44.4 Å². The fourth-order valence-corrected chi connectivity index (χ4v) is 3.28. The van der Waals surface area contributed by atoms with Gasteiger partial charge in [-0.3, -0.25) is 4.79 Å². The van der Waals surface area contributed by atoms with E-state index in [0.717, 1.165) is 0 Å². The molecule has 6 heteroatoms. The largest absolute Gasteiger partial charge is 0.368 e. The number of nitrogens with zero attached hydrogens (tertiary/aromatic N) is 1. The van der Waals surface area contributed by atoms with E-state index in [1.165, 1.54) is 4.31 Å². The number of sulfonamides is 1. The van der Waals surface area contributed by atoms with E-state index in [1.807, 2.05) is 0 Å². The molecule has 0 radical (unpaired) electrons. The van der Waals surface area contributed by atoms with Crippen molar-refractivity contribution in [1.82, 2.24) is 4.31 Å². The molecule has 0 aliphatic carbocycles. The fourth-order valence-electron chi connectivity index (χ4n) is 1.66. The van der Waals surface area contributed by atoms with Crippen molar-refractivity contribution in [2.75, 3.05) is 6.54 Å². The summed E-state index contributed by atoms with van der Waals surface area (Å²) in [6.07, 6.45) is 1.23. The molecule has 1 amide bonds. The summed E-state index contributed by atoms with van der Waals surface area (Å²) in [5, 5.41) is 0. The molecule has 1 atom stereocenters. The third-order valence-electron chi connectivity index (χ3n) is 2.61. The Hall–Kier alpha value is -0.620. The van der Waals surface area contributed by atoms with Crippen molar-refractivity contribution >= 4 is 15.9 Å². The number of hydrogen-bond acceptors (Lipinski definition) is 3. The van der Waals surface area contributed by atoms with Gasteiger partial charge in [0.1, 0.15) is 6.04 Å². The van der Waals surface area contributed by atoms with Crippen molar-refractivity contribution in [3.8, 4) is 0 Å². The molecule has 1 aliphatic rings. The normalized spacial score (nSPS) is 24.3. The average molecular weight is 234 g/mol. The monoisotopic (exact) mass is 234 g/mol. The summed E-state index contributed by atoms with van der Waals surface area (Å²) >= 11 is 0. The highest BCUT2D eigenvalue weighted by Gasteiger charge is 2.43. The molecule has 1 fully saturated rings. The Kier molecular flexibility index (Phi) is 3.11. The maximum absolute atomic E-state index is 12.1. The van der Waals surface area contributed by atoms with E-state index in [-0.39, 0.29) is 0 Å². The molecule has 88 valence electrons. The topological polar surface area (TPSA) is 80.5 Å². The van der Waals surface area contributed by atoms with E-state index in [0.29, 0.717) is 19.4 Å². The van der Waals surface area contributed by atoms with Gasteiger partial charge in [-0.25, -0.2) is 8.42 Å². The summed E-state index contributed by atoms with van der Waals surface area (Å²) in [5.74, 6) is -0.555.